The third kappa shape index (κ3) is 3.27. The van der Waals surface area contributed by atoms with Crippen molar-refractivity contribution in [3.05, 3.63) is 33.8 Å². The van der Waals surface area contributed by atoms with Crippen molar-refractivity contribution < 1.29 is 9.53 Å². The van der Waals surface area contributed by atoms with Crippen molar-refractivity contribution in [3.8, 4) is 6.07 Å². The van der Waals surface area contributed by atoms with Gasteiger partial charge in [0, 0.05) is 16.7 Å². The summed E-state index contributed by atoms with van der Waals surface area (Å²) < 4.78 is 5.44. The van der Waals surface area contributed by atoms with Gasteiger partial charge in [0.15, 0.2) is 5.78 Å². The summed E-state index contributed by atoms with van der Waals surface area (Å²) in [4.78, 5) is 12.3. The normalized spacial score (nSPS) is 20.6. The molecular weight excluding hydrogens is 285 g/mol. The molecule has 100 valence electrons. The summed E-state index contributed by atoms with van der Waals surface area (Å²) in [6.07, 6.45) is 2.08. The number of ether oxygens (including phenoxy) is 1. The average Bonchev–Trinajstić information content (AvgIpc) is 2.42. The van der Waals surface area contributed by atoms with Crippen LogP contribution in [-0.4, -0.2) is 18.5 Å². The van der Waals surface area contributed by atoms with Gasteiger partial charge in [0.05, 0.1) is 6.07 Å². The summed E-state index contributed by atoms with van der Waals surface area (Å²) in [6, 6.07) is 6.81. The third-order valence-corrected chi connectivity index (χ3v) is 3.75. The van der Waals surface area contributed by atoms with E-state index in [2.05, 4.69) is 0 Å². The standard InChI is InChI=1S/C14H13Cl2NO2/c15-9-4-5-10(12(16)7-9)11(8-17)14(18)13-3-1-2-6-19-13/h4-5,7,11,13H,1-3,6H2. The quantitative estimate of drug-likeness (QED) is 0.854. The molecular formula is C14H13Cl2NO2. The molecule has 19 heavy (non-hydrogen) atoms. The zero-order valence-electron chi connectivity index (χ0n) is 10.2. The molecule has 1 heterocycles. The minimum Gasteiger partial charge on any atom is -0.370 e. The van der Waals surface area contributed by atoms with Crippen molar-refractivity contribution in [1.29, 1.82) is 5.26 Å². The Labute approximate surface area is 122 Å². The molecule has 1 aromatic rings. The highest BCUT2D eigenvalue weighted by atomic mass is 35.5. The average molecular weight is 298 g/mol. The zero-order valence-corrected chi connectivity index (χ0v) is 11.7. The Hall–Kier alpha value is -1.08. The fourth-order valence-electron chi connectivity index (χ4n) is 2.17. The number of halogens is 2. The van der Waals surface area contributed by atoms with Crippen LogP contribution in [0.3, 0.4) is 0 Å². The number of ketones is 1. The Bertz CT molecular complexity index is 519. The highest BCUT2D eigenvalue weighted by Gasteiger charge is 2.31. The van der Waals surface area contributed by atoms with E-state index in [1.54, 1.807) is 12.1 Å². The first-order chi connectivity index (χ1) is 9.13. The van der Waals surface area contributed by atoms with Crippen molar-refractivity contribution >= 4 is 29.0 Å². The van der Waals surface area contributed by atoms with E-state index in [0.29, 0.717) is 28.6 Å². The minimum atomic E-state index is -0.895. The van der Waals surface area contributed by atoms with Gasteiger partial charge < -0.3 is 4.74 Å². The van der Waals surface area contributed by atoms with E-state index in [-0.39, 0.29) is 5.78 Å². The minimum absolute atomic E-state index is 0.216. The molecule has 5 heteroatoms. The van der Waals surface area contributed by atoms with E-state index >= 15 is 0 Å². The van der Waals surface area contributed by atoms with Gasteiger partial charge in [-0.1, -0.05) is 29.3 Å². The Morgan fingerprint density at radius 2 is 2.21 bits per heavy atom. The third-order valence-electron chi connectivity index (χ3n) is 3.18. The van der Waals surface area contributed by atoms with E-state index < -0.39 is 12.0 Å². The van der Waals surface area contributed by atoms with E-state index in [1.165, 1.54) is 6.07 Å². The molecule has 0 amide bonds. The Morgan fingerprint density at radius 3 is 2.79 bits per heavy atom. The molecule has 2 rings (SSSR count). The second-order valence-corrected chi connectivity index (χ2v) is 5.33. The number of nitrogens with zero attached hydrogens (tertiary/aromatic N) is 1. The van der Waals surface area contributed by atoms with Crippen LogP contribution in [0.5, 0.6) is 0 Å². The molecule has 1 aliphatic heterocycles. The summed E-state index contributed by atoms with van der Waals surface area (Å²) >= 11 is 11.9. The van der Waals surface area contributed by atoms with Gasteiger partial charge in [-0.2, -0.15) is 5.26 Å². The predicted molar refractivity (Wildman–Crippen MR) is 73.4 cm³/mol. The summed E-state index contributed by atoms with van der Waals surface area (Å²) in [5.74, 6) is -1.11. The van der Waals surface area contributed by atoms with Gasteiger partial charge in [-0.15, -0.1) is 0 Å². The second kappa shape index (κ2) is 6.38. The molecule has 1 aliphatic rings. The molecule has 0 bridgehead atoms. The van der Waals surface area contributed by atoms with Crippen LogP contribution in [0.15, 0.2) is 18.2 Å². The van der Waals surface area contributed by atoms with Gasteiger partial charge in [0.25, 0.3) is 0 Å². The lowest BCUT2D eigenvalue weighted by Crippen LogP contribution is -2.32. The number of rotatable bonds is 3. The number of nitriles is 1. The van der Waals surface area contributed by atoms with E-state index in [0.717, 1.165) is 12.8 Å². The van der Waals surface area contributed by atoms with Crippen molar-refractivity contribution in [3.63, 3.8) is 0 Å². The fourth-order valence-corrected chi connectivity index (χ4v) is 2.69. The highest BCUT2D eigenvalue weighted by Crippen LogP contribution is 2.30. The van der Waals surface area contributed by atoms with Gasteiger partial charge >= 0.3 is 0 Å². The summed E-state index contributed by atoms with van der Waals surface area (Å²) in [7, 11) is 0. The van der Waals surface area contributed by atoms with Crippen LogP contribution in [0.2, 0.25) is 10.0 Å². The highest BCUT2D eigenvalue weighted by molar-refractivity contribution is 6.35. The Balaban J connectivity index is 2.24. The molecule has 0 aliphatic carbocycles. The first-order valence-corrected chi connectivity index (χ1v) is 6.89. The van der Waals surface area contributed by atoms with Crippen LogP contribution in [-0.2, 0) is 9.53 Å². The number of hydrogen-bond donors (Lipinski definition) is 0. The second-order valence-electron chi connectivity index (χ2n) is 4.49. The molecule has 0 aromatic heterocycles. The van der Waals surface area contributed by atoms with Gasteiger partial charge in [0.2, 0.25) is 0 Å². The zero-order chi connectivity index (χ0) is 13.8. The lowest BCUT2D eigenvalue weighted by Gasteiger charge is -2.23. The maximum atomic E-state index is 12.3. The van der Waals surface area contributed by atoms with Gasteiger partial charge in [0.1, 0.15) is 12.0 Å². The Kier molecular flexibility index (Phi) is 4.81. The number of hydrogen-bond acceptors (Lipinski definition) is 3. The van der Waals surface area contributed by atoms with E-state index in [9.17, 15) is 10.1 Å². The fraction of sp³-hybridized carbons (Fsp3) is 0.429. The van der Waals surface area contributed by atoms with Crippen LogP contribution in [0.25, 0.3) is 0 Å². The van der Waals surface area contributed by atoms with Crippen molar-refractivity contribution in [2.75, 3.05) is 6.61 Å². The maximum absolute atomic E-state index is 12.3. The maximum Gasteiger partial charge on any atom is 0.183 e. The summed E-state index contributed by atoms with van der Waals surface area (Å²) in [6.45, 7) is 0.572. The van der Waals surface area contributed by atoms with Gasteiger partial charge in [-0.25, -0.2) is 0 Å². The van der Waals surface area contributed by atoms with Gasteiger partial charge in [-0.3, -0.25) is 4.79 Å². The molecule has 0 saturated carbocycles. The SMILES string of the molecule is N#CC(C(=O)C1CCCCO1)c1ccc(Cl)cc1Cl. The molecule has 1 fully saturated rings. The lowest BCUT2D eigenvalue weighted by molar-refractivity contribution is -0.133. The molecule has 0 spiro atoms. The van der Waals surface area contributed by atoms with Crippen molar-refractivity contribution in [1.82, 2.24) is 0 Å². The molecule has 2 atom stereocenters. The van der Waals surface area contributed by atoms with Crippen LogP contribution in [0.4, 0.5) is 0 Å². The monoisotopic (exact) mass is 297 g/mol. The summed E-state index contributed by atoms with van der Waals surface area (Å²) in [5.41, 5.74) is 0.493. The molecule has 0 N–H and O–H groups in total. The van der Waals surface area contributed by atoms with Crippen molar-refractivity contribution in [2.45, 2.75) is 31.3 Å². The van der Waals surface area contributed by atoms with E-state index in [1.807, 2.05) is 6.07 Å². The first-order valence-electron chi connectivity index (χ1n) is 6.13. The van der Waals surface area contributed by atoms with Crippen LogP contribution in [0.1, 0.15) is 30.7 Å². The predicted octanol–water partition coefficient (Wildman–Crippen LogP) is 3.74. The molecule has 2 unspecified atom stereocenters. The van der Waals surface area contributed by atoms with Crippen LogP contribution < -0.4 is 0 Å². The molecule has 1 aromatic carbocycles. The first kappa shape index (κ1) is 14.3. The van der Waals surface area contributed by atoms with Crippen molar-refractivity contribution in [2.24, 2.45) is 0 Å². The Morgan fingerprint density at radius 1 is 1.42 bits per heavy atom. The molecule has 1 saturated heterocycles. The number of carbonyl (C=O) groups is 1. The largest absolute Gasteiger partial charge is 0.370 e. The topological polar surface area (TPSA) is 50.1 Å². The summed E-state index contributed by atoms with van der Waals surface area (Å²) in [5, 5.41) is 10.1. The van der Waals surface area contributed by atoms with Crippen LogP contribution >= 0.6 is 23.2 Å². The number of Topliss-reactive ketones (excluding diaryl/α,β-unsaturated/α-hetero) is 1. The number of benzene rings is 1. The van der Waals surface area contributed by atoms with Gasteiger partial charge in [-0.05, 0) is 37.0 Å². The molecule has 0 radical (unpaired) electrons. The van der Waals surface area contributed by atoms with Crippen LogP contribution in [0, 0.1) is 11.3 Å². The smallest absolute Gasteiger partial charge is 0.183 e. The molecule has 3 nitrogen and oxygen atoms in total. The lowest BCUT2D eigenvalue weighted by atomic mass is 9.90. The number of carbonyl (C=O) groups excluding carboxylic acids is 1. The van der Waals surface area contributed by atoms with E-state index in [4.69, 9.17) is 27.9 Å².